The molecule has 0 aliphatic heterocycles. The second-order valence-corrected chi connectivity index (χ2v) is 7.04. The average molecular weight is 346 g/mol. The Morgan fingerprint density at radius 2 is 2.13 bits per heavy atom. The summed E-state index contributed by atoms with van der Waals surface area (Å²) in [5.41, 5.74) is 2.07. The number of thiophene rings is 2. The Labute approximate surface area is 141 Å². The van der Waals surface area contributed by atoms with Crippen molar-refractivity contribution in [2.45, 2.75) is 25.7 Å². The molecule has 1 amide bonds. The highest BCUT2D eigenvalue weighted by molar-refractivity contribution is 7.14. The summed E-state index contributed by atoms with van der Waals surface area (Å²) in [6, 6.07) is 3.62. The van der Waals surface area contributed by atoms with Crippen LogP contribution in [0.4, 0.5) is 5.00 Å². The number of nitrogens with zero attached hydrogens (tertiary/aromatic N) is 1. The fourth-order valence-electron chi connectivity index (χ4n) is 2.53. The number of fused-ring (bicyclic) bond motifs is 1. The highest BCUT2D eigenvalue weighted by Gasteiger charge is 2.21. The number of anilines is 1. The van der Waals surface area contributed by atoms with Crippen LogP contribution in [0.1, 0.15) is 39.2 Å². The van der Waals surface area contributed by atoms with Crippen LogP contribution in [0.5, 0.6) is 0 Å². The van der Waals surface area contributed by atoms with Crippen LogP contribution >= 0.6 is 22.7 Å². The summed E-state index contributed by atoms with van der Waals surface area (Å²) < 4.78 is 5.11. The molecule has 2 aromatic rings. The summed E-state index contributed by atoms with van der Waals surface area (Å²) in [5.74, 6) is -0.896. The topological polar surface area (TPSA) is 79.2 Å². The molecule has 5 nitrogen and oxygen atoms in total. The van der Waals surface area contributed by atoms with Crippen molar-refractivity contribution in [2.75, 3.05) is 11.9 Å². The second-order valence-electron chi connectivity index (χ2n) is 5.16. The number of rotatable bonds is 4. The number of nitriles is 1. The van der Waals surface area contributed by atoms with Crippen LogP contribution in [0.15, 0.2) is 16.8 Å². The monoisotopic (exact) mass is 346 g/mol. The van der Waals surface area contributed by atoms with Crippen LogP contribution in [0.2, 0.25) is 0 Å². The van der Waals surface area contributed by atoms with Crippen molar-refractivity contribution in [1.29, 1.82) is 5.26 Å². The lowest BCUT2D eigenvalue weighted by molar-refractivity contribution is -0.119. The van der Waals surface area contributed by atoms with Gasteiger partial charge in [-0.05, 0) is 42.7 Å². The molecule has 0 unspecified atom stereocenters. The van der Waals surface area contributed by atoms with Gasteiger partial charge in [0.25, 0.3) is 5.91 Å². The molecule has 7 heteroatoms. The minimum atomic E-state index is -0.453. The minimum absolute atomic E-state index is 0.355. The molecule has 0 atom stereocenters. The molecule has 0 saturated carbocycles. The molecule has 0 saturated heterocycles. The standard InChI is InChI=1S/C16H14N2O3S2/c17-7-10-5-6-22-15(10)18-14(19)8-21-16(20)12-9-23-13-4-2-1-3-11(12)13/h5-6,9H,1-4,8H2,(H,18,19). The zero-order valence-electron chi connectivity index (χ0n) is 12.3. The van der Waals surface area contributed by atoms with E-state index >= 15 is 0 Å². The van der Waals surface area contributed by atoms with Gasteiger partial charge in [-0.3, -0.25) is 4.79 Å². The van der Waals surface area contributed by atoms with Crippen LogP contribution in [0.25, 0.3) is 0 Å². The molecule has 0 aromatic carbocycles. The number of hydrogen-bond donors (Lipinski definition) is 1. The molecule has 1 aliphatic rings. The van der Waals surface area contributed by atoms with E-state index in [2.05, 4.69) is 5.32 Å². The fourth-order valence-corrected chi connectivity index (χ4v) is 4.40. The lowest BCUT2D eigenvalue weighted by Crippen LogP contribution is -2.21. The molecule has 0 bridgehead atoms. The quantitative estimate of drug-likeness (QED) is 0.861. The number of aryl methyl sites for hydroxylation is 1. The SMILES string of the molecule is N#Cc1ccsc1NC(=O)COC(=O)c1csc2c1CCCC2. The summed E-state index contributed by atoms with van der Waals surface area (Å²) in [5, 5.41) is 15.5. The molecule has 118 valence electrons. The van der Waals surface area contributed by atoms with E-state index in [1.165, 1.54) is 16.2 Å². The van der Waals surface area contributed by atoms with Crippen LogP contribution < -0.4 is 5.32 Å². The third-order valence-electron chi connectivity index (χ3n) is 3.65. The van der Waals surface area contributed by atoms with Gasteiger partial charge >= 0.3 is 5.97 Å². The number of amides is 1. The molecule has 0 fully saturated rings. The van der Waals surface area contributed by atoms with Gasteiger partial charge in [0.15, 0.2) is 6.61 Å². The molecule has 23 heavy (non-hydrogen) atoms. The molecule has 0 spiro atoms. The first-order valence-corrected chi connectivity index (χ1v) is 8.98. The minimum Gasteiger partial charge on any atom is -0.452 e. The van der Waals surface area contributed by atoms with Gasteiger partial charge in [0, 0.05) is 10.3 Å². The number of carbonyl (C=O) groups excluding carboxylic acids is 2. The second kappa shape index (κ2) is 6.94. The van der Waals surface area contributed by atoms with E-state index < -0.39 is 11.9 Å². The number of nitrogens with one attached hydrogen (secondary N) is 1. The fraction of sp³-hybridized carbons (Fsp3) is 0.312. The Hall–Kier alpha value is -2.17. The molecular formula is C16H14N2O3S2. The Bertz CT molecular complexity index is 786. The largest absolute Gasteiger partial charge is 0.452 e. The number of hydrogen-bond acceptors (Lipinski definition) is 6. The van der Waals surface area contributed by atoms with Crippen LogP contribution in [-0.2, 0) is 22.4 Å². The Morgan fingerprint density at radius 1 is 1.30 bits per heavy atom. The van der Waals surface area contributed by atoms with Crippen molar-refractivity contribution in [1.82, 2.24) is 0 Å². The van der Waals surface area contributed by atoms with Crippen molar-refractivity contribution >= 4 is 39.6 Å². The van der Waals surface area contributed by atoms with Crippen molar-refractivity contribution < 1.29 is 14.3 Å². The van der Waals surface area contributed by atoms with Crippen molar-refractivity contribution in [3.63, 3.8) is 0 Å². The molecule has 1 aliphatic carbocycles. The summed E-state index contributed by atoms with van der Waals surface area (Å²) in [6.45, 7) is -0.355. The molecular weight excluding hydrogens is 332 g/mol. The van der Waals surface area contributed by atoms with Gasteiger partial charge in [-0.2, -0.15) is 5.26 Å². The molecule has 3 rings (SSSR count). The van der Waals surface area contributed by atoms with Gasteiger partial charge in [0.2, 0.25) is 0 Å². The maximum absolute atomic E-state index is 12.2. The Morgan fingerprint density at radius 3 is 2.96 bits per heavy atom. The maximum atomic E-state index is 12.2. The van der Waals surface area contributed by atoms with E-state index in [0.29, 0.717) is 16.1 Å². The van der Waals surface area contributed by atoms with Gasteiger partial charge in [-0.1, -0.05) is 0 Å². The van der Waals surface area contributed by atoms with Crippen molar-refractivity contribution in [3.8, 4) is 6.07 Å². The highest BCUT2D eigenvalue weighted by atomic mass is 32.1. The third kappa shape index (κ3) is 3.44. The predicted molar refractivity (Wildman–Crippen MR) is 88.9 cm³/mol. The first-order chi connectivity index (χ1) is 11.2. The number of esters is 1. The van der Waals surface area contributed by atoms with E-state index in [1.807, 2.05) is 11.4 Å². The van der Waals surface area contributed by atoms with Crippen molar-refractivity contribution in [2.24, 2.45) is 0 Å². The predicted octanol–water partition coefficient (Wildman–Crippen LogP) is 3.36. The molecule has 0 radical (unpaired) electrons. The van der Waals surface area contributed by atoms with E-state index in [9.17, 15) is 9.59 Å². The zero-order valence-corrected chi connectivity index (χ0v) is 13.9. The molecule has 2 aromatic heterocycles. The number of ether oxygens (including phenoxy) is 1. The van der Waals surface area contributed by atoms with Gasteiger partial charge in [-0.15, -0.1) is 22.7 Å². The molecule has 1 N–H and O–H groups in total. The molecule has 2 heterocycles. The zero-order chi connectivity index (χ0) is 16.2. The summed E-state index contributed by atoms with van der Waals surface area (Å²) >= 11 is 2.85. The Kier molecular flexibility index (Phi) is 4.74. The summed E-state index contributed by atoms with van der Waals surface area (Å²) in [6.07, 6.45) is 4.16. The van der Waals surface area contributed by atoms with Gasteiger partial charge in [0.1, 0.15) is 11.1 Å². The van der Waals surface area contributed by atoms with E-state index in [1.54, 1.807) is 22.8 Å². The van der Waals surface area contributed by atoms with Gasteiger partial charge in [0.05, 0.1) is 11.1 Å². The van der Waals surface area contributed by atoms with Crippen LogP contribution in [0, 0.1) is 11.3 Å². The summed E-state index contributed by atoms with van der Waals surface area (Å²) in [7, 11) is 0. The van der Waals surface area contributed by atoms with Crippen molar-refractivity contribution in [3.05, 3.63) is 38.4 Å². The smallest absolute Gasteiger partial charge is 0.339 e. The Balaban J connectivity index is 1.58. The number of carbonyl (C=O) groups is 2. The van der Waals surface area contributed by atoms with E-state index in [-0.39, 0.29) is 6.61 Å². The lowest BCUT2D eigenvalue weighted by atomic mass is 9.96. The van der Waals surface area contributed by atoms with Crippen LogP contribution in [-0.4, -0.2) is 18.5 Å². The van der Waals surface area contributed by atoms with E-state index in [0.717, 1.165) is 31.2 Å². The average Bonchev–Trinajstić information content (AvgIpc) is 3.18. The van der Waals surface area contributed by atoms with Crippen LogP contribution in [0.3, 0.4) is 0 Å². The maximum Gasteiger partial charge on any atom is 0.339 e. The van der Waals surface area contributed by atoms with Gasteiger partial charge < -0.3 is 10.1 Å². The van der Waals surface area contributed by atoms with Gasteiger partial charge in [-0.25, -0.2) is 4.79 Å². The highest BCUT2D eigenvalue weighted by Crippen LogP contribution is 2.30. The lowest BCUT2D eigenvalue weighted by Gasteiger charge is -2.12. The third-order valence-corrected chi connectivity index (χ3v) is 5.57. The van der Waals surface area contributed by atoms with E-state index in [4.69, 9.17) is 10.00 Å². The first-order valence-electron chi connectivity index (χ1n) is 7.23. The first kappa shape index (κ1) is 15.7. The normalized spacial score (nSPS) is 13.0. The summed E-state index contributed by atoms with van der Waals surface area (Å²) in [4.78, 5) is 25.3.